The van der Waals surface area contributed by atoms with Gasteiger partial charge in [0.15, 0.2) is 5.76 Å². The predicted molar refractivity (Wildman–Crippen MR) is 113 cm³/mol. The Kier molecular flexibility index (Phi) is 6.77. The van der Waals surface area contributed by atoms with Gasteiger partial charge in [0, 0.05) is 38.2 Å². The lowest BCUT2D eigenvalue weighted by Gasteiger charge is -2.34. The topological polar surface area (TPSA) is 121 Å². The van der Waals surface area contributed by atoms with Crippen molar-refractivity contribution in [2.24, 2.45) is 0 Å². The number of hydrogen-bond donors (Lipinski definition) is 0. The predicted octanol–water partition coefficient (Wildman–Crippen LogP) is 1.10. The van der Waals surface area contributed by atoms with Gasteiger partial charge in [0.2, 0.25) is 26.0 Å². The number of halogens is 1. The number of rotatable bonds is 6. The summed E-state index contributed by atoms with van der Waals surface area (Å²) in [5.74, 6) is -0.265. The number of aryl methyl sites for hydroxylation is 2. The van der Waals surface area contributed by atoms with Gasteiger partial charge in [-0.1, -0.05) is 16.8 Å². The average molecular weight is 491 g/mol. The van der Waals surface area contributed by atoms with Crippen molar-refractivity contribution in [2.45, 2.75) is 23.6 Å². The van der Waals surface area contributed by atoms with E-state index >= 15 is 0 Å². The zero-order valence-corrected chi connectivity index (χ0v) is 19.7. The van der Waals surface area contributed by atoms with Crippen molar-refractivity contribution in [2.75, 3.05) is 39.8 Å². The number of amides is 1. The quantitative estimate of drug-likeness (QED) is 0.594. The number of hydrogen-bond acceptors (Lipinski definition) is 7. The first-order chi connectivity index (χ1) is 14.4. The summed E-state index contributed by atoms with van der Waals surface area (Å²) in [6.07, 6.45) is 0. The number of sulfonamides is 2. The number of carbonyl (C=O) groups excluding carboxylic acids is 1. The molecule has 0 N–H and O–H groups in total. The molecule has 1 amide bonds. The summed E-state index contributed by atoms with van der Waals surface area (Å²) < 4.78 is 58.2. The highest BCUT2D eigenvalue weighted by Crippen LogP contribution is 2.23. The van der Waals surface area contributed by atoms with Gasteiger partial charge in [-0.25, -0.2) is 16.8 Å². The molecule has 1 aromatic carbocycles. The van der Waals surface area contributed by atoms with Gasteiger partial charge in [-0.05, 0) is 38.1 Å². The minimum atomic E-state index is -3.95. The Hall–Kier alpha value is -1.99. The van der Waals surface area contributed by atoms with E-state index in [-0.39, 0.29) is 54.0 Å². The molecule has 13 heteroatoms. The molecular weight excluding hydrogens is 468 g/mol. The van der Waals surface area contributed by atoms with Crippen molar-refractivity contribution < 1.29 is 26.2 Å². The molecule has 1 fully saturated rings. The van der Waals surface area contributed by atoms with E-state index in [0.29, 0.717) is 5.02 Å². The van der Waals surface area contributed by atoms with E-state index in [4.69, 9.17) is 16.1 Å². The van der Waals surface area contributed by atoms with Gasteiger partial charge in [0.05, 0.1) is 11.4 Å². The minimum absolute atomic E-state index is 0.0540. The normalized spacial score (nSPS) is 16.1. The summed E-state index contributed by atoms with van der Waals surface area (Å²) >= 11 is 5.82. The highest BCUT2D eigenvalue weighted by atomic mass is 35.5. The SMILES string of the molecule is Cc1noc(C)c1S(=O)(=O)N(C)CC(=O)N1CCN(S(=O)(=O)c2ccc(Cl)cc2)CC1. The van der Waals surface area contributed by atoms with E-state index in [2.05, 4.69) is 5.16 Å². The molecule has 1 aromatic heterocycles. The summed E-state index contributed by atoms with van der Waals surface area (Å²) in [5.41, 5.74) is 0.220. The lowest BCUT2D eigenvalue weighted by Crippen LogP contribution is -2.52. The molecule has 3 rings (SSSR count). The fraction of sp³-hybridized carbons (Fsp3) is 0.444. The standard InChI is InChI=1S/C18H23ClN4O6S2/c1-13-18(14(2)29-20-13)31(27,28)21(3)12-17(24)22-8-10-23(11-9-22)30(25,26)16-6-4-15(19)5-7-16/h4-7H,8-12H2,1-3H3. The van der Waals surface area contributed by atoms with E-state index in [0.717, 1.165) is 4.31 Å². The van der Waals surface area contributed by atoms with Crippen molar-refractivity contribution in [3.8, 4) is 0 Å². The molecule has 1 aliphatic heterocycles. The summed E-state index contributed by atoms with van der Waals surface area (Å²) in [4.78, 5) is 14.2. The van der Waals surface area contributed by atoms with Crippen LogP contribution in [0.1, 0.15) is 11.5 Å². The molecule has 0 atom stereocenters. The molecular formula is C18H23ClN4O6S2. The summed E-state index contributed by atoms with van der Waals surface area (Å²) in [6, 6.07) is 5.88. The molecule has 1 saturated heterocycles. The zero-order chi connectivity index (χ0) is 23.0. The molecule has 2 aromatic rings. The fourth-order valence-electron chi connectivity index (χ4n) is 3.31. The maximum atomic E-state index is 12.8. The molecule has 0 radical (unpaired) electrons. The minimum Gasteiger partial charge on any atom is -0.360 e. The van der Waals surface area contributed by atoms with Crippen LogP contribution in [0, 0.1) is 13.8 Å². The van der Waals surface area contributed by atoms with E-state index < -0.39 is 26.0 Å². The van der Waals surface area contributed by atoms with Crippen molar-refractivity contribution in [1.29, 1.82) is 0 Å². The molecule has 31 heavy (non-hydrogen) atoms. The smallest absolute Gasteiger partial charge is 0.248 e. The van der Waals surface area contributed by atoms with Gasteiger partial charge in [-0.3, -0.25) is 4.79 Å². The van der Waals surface area contributed by atoms with E-state index in [9.17, 15) is 21.6 Å². The molecule has 0 aliphatic carbocycles. The second-order valence-electron chi connectivity index (χ2n) is 7.15. The third kappa shape index (κ3) is 4.77. The van der Waals surface area contributed by atoms with Crippen LogP contribution in [0.25, 0.3) is 0 Å². The van der Waals surface area contributed by atoms with Crippen LogP contribution in [-0.4, -0.2) is 81.2 Å². The van der Waals surface area contributed by atoms with Crippen molar-refractivity contribution in [3.05, 3.63) is 40.7 Å². The van der Waals surface area contributed by atoms with Gasteiger partial charge in [-0.2, -0.15) is 8.61 Å². The molecule has 170 valence electrons. The van der Waals surface area contributed by atoms with Crippen LogP contribution in [0.4, 0.5) is 0 Å². The number of nitrogens with zero attached hydrogens (tertiary/aromatic N) is 4. The van der Waals surface area contributed by atoms with E-state index in [1.165, 1.54) is 54.4 Å². The van der Waals surface area contributed by atoms with Crippen LogP contribution in [-0.2, 0) is 24.8 Å². The highest BCUT2D eigenvalue weighted by molar-refractivity contribution is 7.89. The first kappa shape index (κ1) is 23.7. The maximum Gasteiger partial charge on any atom is 0.248 e. The number of aromatic nitrogens is 1. The van der Waals surface area contributed by atoms with Crippen LogP contribution in [0.3, 0.4) is 0 Å². The maximum absolute atomic E-state index is 12.8. The van der Waals surface area contributed by atoms with Crippen LogP contribution in [0.2, 0.25) is 5.02 Å². The Labute approximate surface area is 186 Å². The summed E-state index contributed by atoms with van der Waals surface area (Å²) in [5, 5.41) is 4.08. The lowest BCUT2D eigenvalue weighted by molar-refractivity contribution is -0.132. The third-order valence-electron chi connectivity index (χ3n) is 5.04. The largest absolute Gasteiger partial charge is 0.360 e. The van der Waals surface area contributed by atoms with Crippen LogP contribution in [0.15, 0.2) is 38.6 Å². The van der Waals surface area contributed by atoms with Gasteiger partial charge in [-0.15, -0.1) is 0 Å². The van der Waals surface area contributed by atoms with Gasteiger partial charge >= 0.3 is 0 Å². The lowest BCUT2D eigenvalue weighted by atomic mass is 10.3. The van der Waals surface area contributed by atoms with E-state index in [1.54, 1.807) is 0 Å². The highest BCUT2D eigenvalue weighted by Gasteiger charge is 2.33. The van der Waals surface area contributed by atoms with E-state index in [1.807, 2.05) is 0 Å². The fourth-order valence-corrected chi connectivity index (χ4v) is 6.26. The Bertz CT molecular complexity index is 1150. The second-order valence-corrected chi connectivity index (χ2v) is 11.5. The van der Waals surface area contributed by atoms with Crippen LogP contribution >= 0.6 is 11.6 Å². The zero-order valence-electron chi connectivity index (χ0n) is 17.3. The third-order valence-corrected chi connectivity index (χ3v) is 9.25. The number of carbonyl (C=O) groups is 1. The Balaban J connectivity index is 1.63. The molecule has 1 aliphatic rings. The van der Waals surface area contributed by atoms with Crippen molar-refractivity contribution in [3.63, 3.8) is 0 Å². The Morgan fingerprint density at radius 1 is 1.10 bits per heavy atom. The molecule has 0 bridgehead atoms. The van der Waals surface area contributed by atoms with Crippen molar-refractivity contribution in [1.82, 2.24) is 18.7 Å². The molecule has 0 unspecified atom stereocenters. The summed E-state index contributed by atoms with van der Waals surface area (Å²) in [6.45, 7) is 3.16. The van der Waals surface area contributed by atoms with Gasteiger partial charge in [0.1, 0.15) is 10.6 Å². The summed E-state index contributed by atoms with van der Waals surface area (Å²) in [7, 11) is -6.35. The molecule has 10 nitrogen and oxygen atoms in total. The molecule has 0 saturated carbocycles. The molecule has 2 heterocycles. The second kappa shape index (κ2) is 8.87. The Morgan fingerprint density at radius 2 is 1.68 bits per heavy atom. The average Bonchev–Trinajstić information content (AvgIpc) is 3.07. The van der Waals surface area contributed by atoms with Crippen LogP contribution in [0.5, 0.6) is 0 Å². The van der Waals surface area contributed by atoms with Gasteiger partial charge in [0.25, 0.3) is 0 Å². The first-order valence-corrected chi connectivity index (χ1v) is 12.6. The molecule has 0 spiro atoms. The van der Waals surface area contributed by atoms with Gasteiger partial charge < -0.3 is 9.42 Å². The van der Waals surface area contributed by atoms with Crippen molar-refractivity contribution >= 4 is 37.6 Å². The first-order valence-electron chi connectivity index (χ1n) is 9.37. The Morgan fingerprint density at radius 3 is 2.19 bits per heavy atom. The monoisotopic (exact) mass is 490 g/mol. The number of benzene rings is 1. The van der Waals surface area contributed by atoms with Crippen LogP contribution < -0.4 is 0 Å². The number of likely N-dealkylation sites (N-methyl/N-ethyl adjacent to an activating group) is 1. The number of piperazine rings is 1.